The highest BCUT2D eigenvalue weighted by Gasteiger charge is 2.22. The maximum absolute atomic E-state index is 10.2. The number of nitrogens with zero attached hydrogens (tertiary/aromatic N) is 3. The van der Waals surface area contributed by atoms with Gasteiger partial charge in [0.2, 0.25) is 0 Å². The molecular formula is C18H24ClN3O2. The molecule has 1 aliphatic heterocycles. The van der Waals surface area contributed by atoms with E-state index in [4.69, 9.17) is 16.3 Å². The maximum atomic E-state index is 10.2. The van der Waals surface area contributed by atoms with Crippen molar-refractivity contribution < 1.29 is 9.84 Å². The van der Waals surface area contributed by atoms with E-state index in [2.05, 4.69) is 10.00 Å². The summed E-state index contributed by atoms with van der Waals surface area (Å²) >= 11 is 6.11. The molecule has 1 aromatic carbocycles. The second-order valence-corrected chi connectivity index (χ2v) is 6.82. The summed E-state index contributed by atoms with van der Waals surface area (Å²) in [6, 6.07) is 8.08. The van der Waals surface area contributed by atoms with E-state index in [1.807, 2.05) is 48.3 Å². The number of aliphatic hydroxyl groups excluding tert-OH is 1. The summed E-state index contributed by atoms with van der Waals surface area (Å²) in [5.74, 6) is 0.633. The molecule has 0 spiro atoms. The van der Waals surface area contributed by atoms with Crippen LogP contribution in [-0.4, -0.2) is 52.1 Å². The summed E-state index contributed by atoms with van der Waals surface area (Å²) in [5.41, 5.74) is 1.09. The Balaban J connectivity index is 1.43. The van der Waals surface area contributed by atoms with E-state index in [0.717, 1.165) is 31.5 Å². The first kappa shape index (κ1) is 17.3. The van der Waals surface area contributed by atoms with E-state index in [0.29, 0.717) is 23.4 Å². The van der Waals surface area contributed by atoms with Crippen LogP contribution in [0.2, 0.25) is 5.02 Å². The molecule has 130 valence electrons. The van der Waals surface area contributed by atoms with Gasteiger partial charge in [-0.05, 0) is 43.5 Å². The Morgan fingerprint density at radius 2 is 2.17 bits per heavy atom. The molecule has 24 heavy (non-hydrogen) atoms. The van der Waals surface area contributed by atoms with Gasteiger partial charge >= 0.3 is 0 Å². The highest BCUT2D eigenvalue weighted by molar-refractivity contribution is 6.32. The highest BCUT2D eigenvalue weighted by Crippen LogP contribution is 2.25. The van der Waals surface area contributed by atoms with Gasteiger partial charge in [0.15, 0.2) is 0 Å². The number of aromatic nitrogens is 2. The Hall–Kier alpha value is -1.56. The summed E-state index contributed by atoms with van der Waals surface area (Å²) in [6.45, 7) is 4.79. The molecule has 1 aromatic heterocycles. The van der Waals surface area contributed by atoms with Crippen molar-refractivity contribution in [1.29, 1.82) is 0 Å². The molecule has 0 amide bonds. The lowest BCUT2D eigenvalue weighted by Gasteiger charge is -2.33. The van der Waals surface area contributed by atoms with Crippen molar-refractivity contribution >= 4 is 11.6 Å². The van der Waals surface area contributed by atoms with Crippen molar-refractivity contribution in [3.05, 3.63) is 47.2 Å². The van der Waals surface area contributed by atoms with E-state index < -0.39 is 6.10 Å². The minimum Gasteiger partial charge on any atom is -0.489 e. The van der Waals surface area contributed by atoms with Crippen molar-refractivity contribution in [1.82, 2.24) is 14.7 Å². The highest BCUT2D eigenvalue weighted by atomic mass is 35.5. The fourth-order valence-corrected chi connectivity index (χ4v) is 3.29. The van der Waals surface area contributed by atoms with E-state index in [9.17, 15) is 5.11 Å². The van der Waals surface area contributed by atoms with Crippen LogP contribution in [0, 0.1) is 6.92 Å². The van der Waals surface area contributed by atoms with Gasteiger partial charge in [-0.15, -0.1) is 0 Å². The first-order valence-electron chi connectivity index (χ1n) is 8.40. The van der Waals surface area contributed by atoms with Gasteiger partial charge < -0.3 is 14.7 Å². The number of aryl methyl sites for hydroxylation is 1. The number of halogens is 1. The molecule has 1 N–H and O–H groups in total. The smallest absolute Gasteiger partial charge is 0.138 e. The average molecular weight is 350 g/mol. The lowest BCUT2D eigenvalue weighted by atomic mass is 10.1. The molecule has 1 fully saturated rings. The topological polar surface area (TPSA) is 50.5 Å². The molecule has 3 rings (SSSR count). The van der Waals surface area contributed by atoms with Gasteiger partial charge in [-0.25, -0.2) is 0 Å². The van der Waals surface area contributed by atoms with Gasteiger partial charge in [-0.1, -0.05) is 17.7 Å². The number of ether oxygens (including phenoxy) is 1. The Labute approximate surface area is 147 Å². The summed E-state index contributed by atoms with van der Waals surface area (Å²) < 4.78 is 7.72. The molecule has 0 radical (unpaired) electrons. The summed E-state index contributed by atoms with van der Waals surface area (Å²) in [6.07, 6.45) is 5.43. The predicted molar refractivity (Wildman–Crippen MR) is 94.6 cm³/mol. The van der Waals surface area contributed by atoms with Gasteiger partial charge in [-0.3, -0.25) is 4.68 Å². The van der Waals surface area contributed by atoms with Crippen LogP contribution < -0.4 is 4.74 Å². The zero-order valence-corrected chi connectivity index (χ0v) is 14.7. The van der Waals surface area contributed by atoms with Crippen molar-refractivity contribution in [2.24, 2.45) is 0 Å². The Bertz CT molecular complexity index is 640. The van der Waals surface area contributed by atoms with Crippen molar-refractivity contribution in [3.63, 3.8) is 0 Å². The molecule has 5 nitrogen and oxygen atoms in total. The molecule has 2 aromatic rings. The van der Waals surface area contributed by atoms with E-state index >= 15 is 0 Å². The third-order valence-electron chi connectivity index (χ3n) is 4.44. The molecule has 0 aliphatic carbocycles. The van der Waals surface area contributed by atoms with Crippen molar-refractivity contribution in [2.75, 3.05) is 26.2 Å². The molecule has 1 saturated heterocycles. The van der Waals surface area contributed by atoms with Crippen LogP contribution in [0.1, 0.15) is 24.4 Å². The average Bonchev–Trinajstić information content (AvgIpc) is 3.11. The molecule has 1 atom stereocenters. The van der Waals surface area contributed by atoms with Crippen molar-refractivity contribution in [2.45, 2.75) is 31.9 Å². The lowest BCUT2D eigenvalue weighted by Crippen LogP contribution is -2.41. The van der Waals surface area contributed by atoms with Crippen LogP contribution in [0.3, 0.4) is 0 Å². The van der Waals surface area contributed by atoms with Crippen LogP contribution in [0.15, 0.2) is 36.7 Å². The number of hydrogen-bond donors (Lipinski definition) is 1. The second-order valence-electron chi connectivity index (χ2n) is 6.42. The SMILES string of the molecule is Cc1ccc(Cl)c(OC[C@H](O)CN2CCC(n3cccn3)CC2)c1. The lowest BCUT2D eigenvalue weighted by molar-refractivity contribution is 0.0550. The molecule has 0 unspecified atom stereocenters. The summed E-state index contributed by atoms with van der Waals surface area (Å²) in [7, 11) is 0. The monoisotopic (exact) mass is 349 g/mol. The third kappa shape index (κ3) is 4.50. The van der Waals surface area contributed by atoms with E-state index in [-0.39, 0.29) is 6.61 Å². The Morgan fingerprint density at radius 1 is 1.38 bits per heavy atom. The standard InChI is InChI=1S/C18H24ClN3O2/c1-14-3-4-17(19)18(11-14)24-13-16(23)12-21-9-5-15(6-10-21)22-8-2-7-20-22/h2-4,7-8,11,15-16,23H,5-6,9-10,12-13H2,1H3/t16-/m1/s1. The third-order valence-corrected chi connectivity index (χ3v) is 4.76. The molecule has 0 bridgehead atoms. The van der Waals surface area contributed by atoms with E-state index in [1.165, 1.54) is 0 Å². The number of β-amino-alcohol motifs (C(OH)–C–C–N with tert-alkyl or cyclic N) is 1. The minimum atomic E-state index is -0.525. The number of piperidine rings is 1. The van der Waals surface area contributed by atoms with Gasteiger partial charge in [0.05, 0.1) is 11.1 Å². The number of hydrogen-bond acceptors (Lipinski definition) is 4. The van der Waals surface area contributed by atoms with Gasteiger partial charge in [0, 0.05) is 32.0 Å². The maximum Gasteiger partial charge on any atom is 0.138 e. The quantitative estimate of drug-likeness (QED) is 0.871. The summed E-state index contributed by atoms with van der Waals surface area (Å²) in [4.78, 5) is 2.28. The normalized spacial score (nSPS) is 17.8. The number of benzene rings is 1. The van der Waals surface area contributed by atoms with Crippen LogP contribution in [-0.2, 0) is 0 Å². The first-order valence-corrected chi connectivity index (χ1v) is 8.78. The van der Waals surface area contributed by atoms with Crippen LogP contribution in [0.4, 0.5) is 0 Å². The summed E-state index contributed by atoms with van der Waals surface area (Å²) in [5, 5.41) is 15.1. The zero-order chi connectivity index (χ0) is 16.9. The molecule has 0 saturated carbocycles. The number of rotatable bonds is 6. The van der Waals surface area contributed by atoms with Crippen molar-refractivity contribution in [3.8, 4) is 5.75 Å². The van der Waals surface area contributed by atoms with Gasteiger partial charge in [0.1, 0.15) is 18.5 Å². The second kappa shape index (κ2) is 8.01. The van der Waals surface area contributed by atoms with Crippen LogP contribution >= 0.6 is 11.6 Å². The van der Waals surface area contributed by atoms with Gasteiger partial charge in [0.25, 0.3) is 0 Å². The number of likely N-dealkylation sites (tertiary alicyclic amines) is 1. The van der Waals surface area contributed by atoms with Gasteiger partial charge in [-0.2, -0.15) is 5.10 Å². The fraction of sp³-hybridized carbons (Fsp3) is 0.500. The molecule has 2 heterocycles. The van der Waals surface area contributed by atoms with Crippen LogP contribution in [0.25, 0.3) is 0 Å². The molecule has 6 heteroatoms. The molecule has 1 aliphatic rings. The first-order chi connectivity index (χ1) is 11.6. The predicted octanol–water partition coefficient (Wildman–Crippen LogP) is 2.92. The number of aliphatic hydroxyl groups is 1. The van der Waals surface area contributed by atoms with Crippen LogP contribution in [0.5, 0.6) is 5.75 Å². The largest absolute Gasteiger partial charge is 0.489 e. The Kier molecular flexibility index (Phi) is 5.76. The Morgan fingerprint density at radius 3 is 2.88 bits per heavy atom. The zero-order valence-electron chi connectivity index (χ0n) is 13.9. The molecular weight excluding hydrogens is 326 g/mol. The van der Waals surface area contributed by atoms with E-state index in [1.54, 1.807) is 0 Å². The minimum absolute atomic E-state index is 0.252. The fourth-order valence-electron chi connectivity index (χ4n) is 3.12.